The Morgan fingerprint density at radius 2 is 1.57 bits per heavy atom. The minimum Gasteiger partial charge on any atom is -0.267 e. The zero-order chi connectivity index (χ0) is 19.5. The predicted octanol–water partition coefficient (Wildman–Crippen LogP) is 2.06. The van der Waals surface area contributed by atoms with Crippen molar-refractivity contribution in [3.8, 4) is 11.5 Å². The van der Waals surface area contributed by atoms with Gasteiger partial charge in [0.15, 0.2) is 17.3 Å². The molecule has 4 rings (SSSR count). The van der Waals surface area contributed by atoms with Gasteiger partial charge >= 0.3 is 5.69 Å². The summed E-state index contributed by atoms with van der Waals surface area (Å²) in [5.74, 6) is 0.527. The molecule has 2 aromatic carbocycles. The normalized spacial score (nSPS) is 11.3. The molecule has 7 heteroatoms. The topological polar surface area (TPSA) is 82.7 Å². The van der Waals surface area contributed by atoms with E-state index in [1.807, 2.05) is 66.7 Å². The molecule has 7 nitrogen and oxygen atoms in total. The van der Waals surface area contributed by atoms with Crippen LogP contribution >= 0.6 is 0 Å². The van der Waals surface area contributed by atoms with Gasteiger partial charge in [-0.3, -0.25) is 9.36 Å². The fourth-order valence-electron chi connectivity index (χ4n) is 2.89. The standard InChI is InChI=1S/C21H17N5O2/c1-25-19-18(22-17(24-25)13-12-15-8-4-2-5-9-15)20(27)26(21(28)23-19)14-16-10-6-3-7-11-16/h2-13H,14H2,1H3/b13-12+. The maximum atomic E-state index is 12.9. The van der Waals surface area contributed by atoms with Gasteiger partial charge in [0.2, 0.25) is 0 Å². The van der Waals surface area contributed by atoms with Gasteiger partial charge in [-0.1, -0.05) is 66.7 Å². The third kappa shape index (κ3) is 3.50. The number of aromatic nitrogens is 5. The summed E-state index contributed by atoms with van der Waals surface area (Å²) in [5, 5.41) is 4.28. The summed E-state index contributed by atoms with van der Waals surface area (Å²) in [5.41, 5.74) is 0.842. The summed E-state index contributed by atoms with van der Waals surface area (Å²) in [6.45, 7) is 0.143. The zero-order valence-corrected chi connectivity index (χ0v) is 15.2. The van der Waals surface area contributed by atoms with Crippen LogP contribution in [0.25, 0.3) is 23.7 Å². The van der Waals surface area contributed by atoms with Crippen molar-refractivity contribution in [3.63, 3.8) is 0 Å². The van der Waals surface area contributed by atoms with Crippen LogP contribution in [0.5, 0.6) is 0 Å². The van der Waals surface area contributed by atoms with Crippen molar-refractivity contribution >= 4 is 12.2 Å². The summed E-state index contributed by atoms with van der Waals surface area (Å²) < 4.78 is 2.50. The summed E-state index contributed by atoms with van der Waals surface area (Å²) in [7, 11) is 1.64. The van der Waals surface area contributed by atoms with Gasteiger partial charge < -0.3 is 0 Å². The van der Waals surface area contributed by atoms with E-state index in [0.29, 0.717) is 5.82 Å². The van der Waals surface area contributed by atoms with Crippen molar-refractivity contribution < 1.29 is 0 Å². The average Bonchev–Trinajstić information content (AvgIpc) is 2.72. The highest BCUT2D eigenvalue weighted by Crippen LogP contribution is 2.11. The highest BCUT2D eigenvalue weighted by Gasteiger charge is 2.19. The summed E-state index contributed by atoms with van der Waals surface area (Å²) in [6.07, 6.45) is 3.58. The van der Waals surface area contributed by atoms with Crippen molar-refractivity contribution in [2.24, 2.45) is 7.05 Å². The van der Waals surface area contributed by atoms with Gasteiger partial charge in [-0.2, -0.15) is 10.1 Å². The van der Waals surface area contributed by atoms with Crippen LogP contribution in [0.4, 0.5) is 0 Å². The van der Waals surface area contributed by atoms with E-state index in [9.17, 15) is 9.59 Å². The molecule has 0 radical (unpaired) electrons. The molecule has 138 valence electrons. The van der Waals surface area contributed by atoms with E-state index in [0.717, 1.165) is 15.7 Å². The summed E-state index contributed by atoms with van der Waals surface area (Å²) in [4.78, 5) is 33.7. The molecule has 0 aliphatic carbocycles. The van der Waals surface area contributed by atoms with Crippen LogP contribution in [0.1, 0.15) is 17.0 Å². The lowest BCUT2D eigenvalue weighted by Crippen LogP contribution is -2.39. The molecular weight excluding hydrogens is 354 g/mol. The predicted molar refractivity (Wildman–Crippen MR) is 107 cm³/mol. The number of aryl methyl sites for hydroxylation is 1. The second kappa shape index (κ2) is 7.40. The van der Waals surface area contributed by atoms with Gasteiger partial charge in [-0.15, -0.1) is 0 Å². The van der Waals surface area contributed by atoms with Gasteiger partial charge in [0.25, 0.3) is 5.56 Å². The molecule has 0 unspecified atom stereocenters. The fourth-order valence-corrected chi connectivity index (χ4v) is 2.89. The van der Waals surface area contributed by atoms with Crippen molar-refractivity contribution in [2.45, 2.75) is 6.54 Å². The lowest BCUT2D eigenvalue weighted by molar-refractivity contribution is 0.647. The molecule has 2 aliphatic heterocycles. The van der Waals surface area contributed by atoms with Crippen LogP contribution in [0.15, 0.2) is 70.3 Å². The van der Waals surface area contributed by atoms with E-state index >= 15 is 0 Å². The van der Waals surface area contributed by atoms with E-state index < -0.39 is 11.2 Å². The van der Waals surface area contributed by atoms with Crippen LogP contribution in [0.3, 0.4) is 0 Å². The van der Waals surface area contributed by atoms with Gasteiger partial charge in [-0.25, -0.2) is 14.5 Å². The first kappa shape index (κ1) is 17.5. The van der Waals surface area contributed by atoms with Gasteiger partial charge in [0.1, 0.15) is 0 Å². The van der Waals surface area contributed by atoms with Crippen LogP contribution in [-0.4, -0.2) is 24.3 Å². The number of hydrogen-bond acceptors (Lipinski definition) is 5. The molecule has 2 aromatic rings. The first-order valence-electron chi connectivity index (χ1n) is 8.75. The number of benzene rings is 2. The van der Waals surface area contributed by atoms with E-state index in [1.54, 1.807) is 13.1 Å². The molecule has 0 saturated heterocycles. The van der Waals surface area contributed by atoms with Crippen molar-refractivity contribution in [1.29, 1.82) is 0 Å². The monoisotopic (exact) mass is 371 g/mol. The summed E-state index contributed by atoms with van der Waals surface area (Å²) in [6, 6.07) is 19.0. The van der Waals surface area contributed by atoms with Crippen LogP contribution < -0.4 is 11.2 Å². The highest BCUT2D eigenvalue weighted by atomic mass is 16.2. The molecule has 2 heterocycles. The maximum Gasteiger partial charge on any atom is 0.352 e. The second-order valence-corrected chi connectivity index (χ2v) is 6.28. The molecule has 28 heavy (non-hydrogen) atoms. The Labute approximate surface area is 160 Å². The molecular formula is C21H17N5O2. The van der Waals surface area contributed by atoms with Crippen molar-refractivity contribution in [1.82, 2.24) is 24.3 Å². The number of fused-ring (bicyclic) bond motifs is 1. The third-order valence-electron chi connectivity index (χ3n) is 4.29. The number of rotatable bonds is 4. The minimum absolute atomic E-state index is 0.112. The van der Waals surface area contributed by atoms with Gasteiger partial charge in [-0.05, 0) is 17.2 Å². The van der Waals surface area contributed by atoms with Crippen molar-refractivity contribution in [3.05, 3.63) is 98.5 Å². The Morgan fingerprint density at radius 1 is 0.893 bits per heavy atom. The maximum absolute atomic E-state index is 12.9. The molecule has 0 saturated carbocycles. The molecule has 0 N–H and O–H groups in total. The number of hydrogen-bond donors (Lipinski definition) is 0. The first-order chi connectivity index (χ1) is 13.6. The zero-order valence-electron chi connectivity index (χ0n) is 15.2. The van der Waals surface area contributed by atoms with E-state index in [-0.39, 0.29) is 18.1 Å². The Morgan fingerprint density at radius 3 is 2.29 bits per heavy atom. The molecule has 0 spiro atoms. The quantitative estimate of drug-likeness (QED) is 0.548. The molecule has 0 amide bonds. The molecule has 2 aliphatic rings. The average molecular weight is 371 g/mol. The Kier molecular flexibility index (Phi) is 4.63. The van der Waals surface area contributed by atoms with E-state index in [4.69, 9.17) is 0 Å². The van der Waals surface area contributed by atoms with Crippen LogP contribution in [-0.2, 0) is 13.6 Å². The van der Waals surface area contributed by atoms with Crippen LogP contribution in [0.2, 0.25) is 0 Å². The fraction of sp³-hybridized carbons (Fsp3) is 0.0952. The third-order valence-corrected chi connectivity index (χ3v) is 4.29. The van der Waals surface area contributed by atoms with Gasteiger partial charge in [0, 0.05) is 7.05 Å². The molecule has 0 atom stereocenters. The number of nitrogens with zero attached hydrogens (tertiary/aromatic N) is 5. The Bertz CT molecular complexity index is 1230. The smallest absolute Gasteiger partial charge is 0.267 e. The second-order valence-electron chi connectivity index (χ2n) is 6.28. The highest BCUT2D eigenvalue weighted by molar-refractivity contribution is 5.67. The molecule has 0 fully saturated rings. The largest absolute Gasteiger partial charge is 0.352 e. The van der Waals surface area contributed by atoms with Gasteiger partial charge in [0.05, 0.1) is 6.54 Å². The first-order valence-corrected chi connectivity index (χ1v) is 8.75. The van der Waals surface area contributed by atoms with Crippen molar-refractivity contribution in [2.75, 3.05) is 0 Å². The SMILES string of the molecule is Cn1nc(/C=C/c2ccccc2)nc2c(=O)n(Cc3ccccc3)c(=O)nc1-2. The van der Waals surface area contributed by atoms with E-state index in [1.165, 1.54) is 4.68 Å². The molecule has 0 bridgehead atoms. The Hall–Kier alpha value is -3.87. The Balaban J connectivity index is 1.80. The minimum atomic E-state index is -0.617. The lowest BCUT2D eigenvalue weighted by atomic mass is 10.2. The summed E-state index contributed by atoms with van der Waals surface area (Å²) >= 11 is 0. The molecule has 0 aromatic heterocycles. The van der Waals surface area contributed by atoms with Crippen LogP contribution in [0, 0.1) is 0 Å². The lowest BCUT2D eigenvalue weighted by Gasteiger charge is -2.11. The van der Waals surface area contributed by atoms with E-state index in [2.05, 4.69) is 15.1 Å².